The predicted molar refractivity (Wildman–Crippen MR) is 76.4 cm³/mol. The van der Waals surface area contributed by atoms with E-state index in [1.807, 2.05) is 12.3 Å². The van der Waals surface area contributed by atoms with Crippen molar-refractivity contribution in [2.24, 2.45) is 11.8 Å². The van der Waals surface area contributed by atoms with Crippen molar-refractivity contribution in [1.82, 2.24) is 10.3 Å². The van der Waals surface area contributed by atoms with E-state index in [4.69, 9.17) is 0 Å². The van der Waals surface area contributed by atoms with Crippen LogP contribution in [0.5, 0.6) is 0 Å². The first-order valence-electron chi connectivity index (χ1n) is 6.77. The minimum Gasteiger partial charge on any atom is -0.469 e. The average molecular weight is 296 g/mol. The van der Waals surface area contributed by atoms with Crippen molar-refractivity contribution in [2.45, 2.75) is 39.2 Å². The Morgan fingerprint density at radius 3 is 2.65 bits per heavy atom. The molecule has 5 nitrogen and oxygen atoms in total. The maximum atomic E-state index is 12.0. The summed E-state index contributed by atoms with van der Waals surface area (Å²) in [6, 6.07) is -0.134. The molecule has 0 bridgehead atoms. The van der Waals surface area contributed by atoms with Gasteiger partial charge in [0.2, 0.25) is 5.91 Å². The number of rotatable bonds is 5. The van der Waals surface area contributed by atoms with Crippen molar-refractivity contribution in [3.8, 4) is 0 Å². The molecule has 1 amide bonds. The standard InChI is InChI=1S/C14H20N2O3S/c1-7(2)13-16-11(6-20-13)8(3)15-12(17)9-5-10(9)14(18)19-4/h6-10H,5H2,1-4H3,(H,15,17). The summed E-state index contributed by atoms with van der Waals surface area (Å²) in [6.45, 7) is 6.10. The van der Waals surface area contributed by atoms with Gasteiger partial charge in [-0.05, 0) is 13.3 Å². The van der Waals surface area contributed by atoms with Crippen LogP contribution in [0.25, 0.3) is 0 Å². The lowest BCUT2D eigenvalue weighted by molar-refractivity contribution is -0.143. The molecule has 1 aromatic heterocycles. The van der Waals surface area contributed by atoms with Crippen LogP contribution in [0.3, 0.4) is 0 Å². The van der Waals surface area contributed by atoms with Crippen LogP contribution in [-0.4, -0.2) is 24.0 Å². The molecular weight excluding hydrogens is 276 g/mol. The number of carbonyl (C=O) groups is 2. The zero-order valence-corrected chi connectivity index (χ0v) is 13.0. The summed E-state index contributed by atoms with van der Waals surface area (Å²) in [6.07, 6.45) is 0.583. The molecule has 110 valence electrons. The Morgan fingerprint density at radius 1 is 1.40 bits per heavy atom. The molecule has 0 aliphatic heterocycles. The van der Waals surface area contributed by atoms with Crippen LogP contribution in [-0.2, 0) is 14.3 Å². The van der Waals surface area contributed by atoms with Gasteiger partial charge in [-0.3, -0.25) is 9.59 Å². The number of methoxy groups -OCH3 is 1. The normalized spacial score (nSPS) is 22.4. The summed E-state index contributed by atoms with van der Waals surface area (Å²) < 4.78 is 4.64. The lowest BCUT2D eigenvalue weighted by Gasteiger charge is -2.11. The van der Waals surface area contributed by atoms with Gasteiger partial charge in [-0.15, -0.1) is 11.3 Å². The molecule has 3 unspecified atom stereocenters. The Hall–Kier alpha value is -1.43. The van der Waals surface area contributed by atoms with Gasteiger partial charge in [0, 0.05) is 11.3 Å². The fraction of sp³-hybridized carbons (Fsp3) is 0.643. The molecule has 6 heteroatoms. The fourth-order valence-corrected chi connectivity index (χ4v) is 2.98. The SMILES string of the molecule is COC(=O)C1CC1C(=O)NC(C)c1csc(C(C)C)n1. The Morgan fingerprint density at radius 2 is 2.10 bits per heavy atom. The van der Waals surface area contributed by atoms with Gasteiger partial charge >= 0.3 is 5.97 Å². The molecule has 1 saturated carbocycles. The minimum atomic E-state index is -0.298. The van der Waals surface area contributed by atoms with E-state index in [1.165, 1.54) is 7.11 Å². The van der Waals surface area contributed by atoms with E-state index in [-0.39, 0.29) is 29.8 Å². The number of ether oxygens (including phenoxy) is 1. The third-order valence-electron chi connectivity index (χ3n) is 3.47. The summed E-state index contributed by atoms with van der Waals surface area (Å²) in [4.78, 5) is 27.9. The fourth-order valence-electron chi connectivity index (χ4n) is 2.06. The zero-order valence-electron chi connectivity index (χ0n) is 12.2. The smallest absolute Gasteiger partial charge is 0.309 e. The third-order valence-corrected chi connectivity index (χ3v) is 4.63. The molecule has 1 aliphatic rings. The molecule has 0 spiro atoms. The molecule has 0 radical (unpaired) electrons. The number of amides is 1. The van der Waals surface area contributed by atoms with Gasteiger partial charge in [0.25, 0.3) is 0 Å². The number of hydrogen-bond acceptors (Lipinski definition) is 5. The Bertz CT molecular complexity index is 512. The molecule has 0 saturated heterocycles. The van der Waals surface area contributed by atoms with Gasteiger partial charge in [0.15, 0.2) is 0 Å². The second-order valence-corrected chi connectivity index (χ2v) is 6.36. The summed E-state index contributed by atoms with van der Waals surface area (Å²) in [7, 11) is 1.35. The van der Waals surface area contributed by atoms with Gasteiger partial charge in [-0.25, -0.2) is 4.98 Å². The number of nitrogens with one attached hydrogen (secondary N) is 1. The van der Waals surface area contributed by atoms with Crippen LogP contribution < -0.4 is 5.32 Å². The second-order valence-electron chi connectivity index (χ2n) is 5.47. The van der Waals surface area contributed by atoms with E-state index in [0.29, 0.717) is 12.3 Å². The molecule has 1 heterocycles. The van der Waals surface area contributed by atoms with E-state index in [2.05, 4.69) is 28.9 Å². The van der Waals surface area contributed by atoms with Crippen molar-refractivity contribution in [1.29, 1.82) is 0 Å². The van der Waals surface area contributed by atoms with Crippen LogP contribution >= 0.6 is 11.3 Å². The molecule has 1 fully saturated rings. The van der Waals surface area contributed by atoms with E-state index in [1.54, 1.807) is 11.3 Å². The summed E-state index contributed by atoms with van der Waals surface area (Å²) in [5.41, 5.74) is 0.877. The summed E-state index contributed by atoms with van der Waals surface area (Å²) >= 11 is 1.61. The number of esters is 1. The Kier molecular flexibility index (Phi) is 4.42. The topological polar surface area (TPSA) is 68.3 Å². The van der Waals surface area contributed by atoms with Crippen molar-refractivity contribution in [3.05, 3.63) is 16.1 Å². The van der Waals surface area contributed by atoms with Gasteiger partial charge in [0.05, 0.1) is 35.7 Å². The number of carbonyl (C=O) groups excluding carboxylic acids is 2. The Balaban J connectivity index is 1.90. The highest BCUT2D eigenvalue weighted by atomic mass is 32.1. The van der Waals surface area contributed by atoms with E-state index in [9.17, 15) is 9.59 Å². The quantitative estimate of drug-likeness (QED) is 0.846. The van der Waals surface area contributed by atoms with Crippen molar-refractivity contribution in [2.75, 3.05) is 7.11 Å². The highest BCUT2D eigenvalue weighted by Crippen LogP contribution is 2.40. The highest BCUT2D eigenvalue weighted by molar-refractivity contribution is 7.09. The van der Waals surface area contributed by atoms with Crippen LogP contribution in [0.2, 0.25) is 0 Å². The molecule has 3 atom stereocenters. The number of aromatic nitrogens is 1. The number of nitrogens with zero attached hydrogens (tertiary/aromatic N) is 1. The molecule has 0 aromatic carbocycles. The molecule has 1 N–H and O–H groups in total. The highest BCUT2D eigenvalue weighted by Gasteiger charge is 2.49. The third kappa shape index (κ3) is 3.17. The van der Waals surface area contributed by atoms with E-state index < -0.39 is 0 Å². The first-order valence-corrected chi connectivity index (χ1v) is 7.65. The zero-order chi connectivity index (χ0) is 14.9. The van der Waals surface area contributed by atoms with E-state index in [0.717, 1.165) is 10.7 Å². The summed E-state index contributed by atoms with van der Waals surface area (Å²) in [5, 5.41) is 5.96. The van der Waals surface area contributed by atoms with Gasteiger partial charge in [-0.1, -0.05) is 13.8 Å². The summed E-state index contributed by atoms with van der Waals surface area (Å²) in [5.74, 6) is -0.508. The van der Waals surface area contributed by atoms with Gasteiger partial charge < -0.3 is 10.1 Å². The van der Waals surface area contributed by atoms with Crippen molar-refractivity contribution >= 4 is 23.2 Å². The van der Waals surface area contributed by atoms with Crippen LogP contribution in [0.4, 0.5) is 0 Å². The molecular formula is C14H20N2O3S. The second kappa shape index (κ2) is 5.91. The molecule has 2 rings (SSSR count). The van der Waals surface area contributed by atoms with Gasteiger partial charge in [-0.2, -0.15) is 0 Å². The van der Waals surface area contributed by atoms with Crippen LogP contribution in [0.15, 0.2) is 5.38 Å². The molecule has 1 aromatic rings. The first kappa shape index (κ1) is 15.0. The van der Waals surface area contributed by atoms with Gasteiger partial charge in [0.1, 0.15) is 0 Å². The van der Waals surface area contributed by atoms with Crippen molar-refractivity contribution < 1.29 is 14.3 Å². The maximum Gasteiger partial charge on any atom is 0.309 e. The molecule has 1 aliphatic carbocycles. The largest absolute Gasteiger partial charge is 0.469 e. The maximum absolute atomic E-state index is 12.0. The number of hydrogen-bond donors (Lipinski definition) is 1. The predicted octanol–water partition coefficient (Wildman–Crippen LogP) is 2.25. The van der Waals surface area contributed by atoms with Crippen LogP contribution in [0, 0.1) is 11.8 Å². The monoisotopic (exact) mass is 296 g/mol. The molecule has 20 heavy (non-hydrogen) atoms. The van der Waals surface area contributed by atoms with Crippen LogP contribution in [0.1, 0.15) is 49.9 Å². The Labute approximate surface area is 122 Å². The first-order chi connectivity index (χ1) is 9.43. The average Bonchev–Trinajstić information content (AvgIpc) is 3.05. The van der Waals surface area contributed by atoms with E-state index >= 15 is 0 Å². The minimum absolute atomic E-state index is 0.0907. The number of thiazole rings is 1. The van der Waals surface area contributed by atoms with Crippen molar-refractivity contribution in [3.63, 3.8) is 0 Å². The lowest BCUT2D eigenvalue weighted by Crippen LogP contribution is -2.29. The lowest BCUT2D eigenvalue weighted by atomic mass is 10.2.